The van der Waals surface area contributed by atoms with E-state index in [-0.39, 0.29) is 24.0 Å². The molecule has 3 atom stereocenters. The van der Waals surface area contributed by atoms with Crippen LogP contribution in [-0.4, -0.2) is 45.4 Å². The Labute approximate surface area is 159 Å². The summed E-state index contributed by atoms with van der Waals surface area (Å²) in [6, 6.07) is 6.05. The summed E-state index contributed by atoms with van der Waals surface area (Å²) in [6.45, 7) is 6.18. The van der Waals surface area contributed by atoms with Crippen LogP contribution in [0.2, 0.25) is 0 Å². The summed E-state index contributed by atoms with van der Waals surface area (Å²) in [4.78, 5) is 35.5. The van der Waals surface area contributed by atoms with Crippen LogP contribution < -0.4 is 0 Å². The predicted octanol–water partition coefficient (Wildman–Crippen LogP) is 3.14. The van der Waals surface area contributed by atoms with E-state index in [9.17, 15) is 9.59 Å². The van der Waals surface area contributed by atoms with Crippen LogP contribution in [0, 0.1) is 12.3 Å². The molecule has 6 nitrogen and oxygen atoms in total. The summed E-state index contributed by atoms with van der Waals surface area (Å²) in [5.41, 5.74) is 2.31. The van der Waals surface area contributed by atoms with Gasteiger partial charge in [-0.1, -0.05) is 13.0 Å². The fraction of sp³-hybridized carbons (Fsp3) is 0.571. The number of nitrogens with zero attached hydrogens (tertiary/aromatic N) is 2. The molecular weight excluding hydrogens is 342 g/mol. The number of aryl methyl sites for hydroxylation is 1. The lowest BCUT2D eigenvalue weighted by Crippen LogP contribution is -2.46. The number of amides is 1. The van der Waals surface area contributed by atoms with Gasteiger partial charge in [0.2, 0.25) is 5.91 Å². The number of rotatable bonds is 5. The quantitative estimate of drug-likeness (QED) is 0.822. The Morgan fingerprint density at radius 1 is 1.33 bits per heavy atom. The lowest BCUT2D eigenvalue weighted by molar-refractivity contribution is -0.158. The number of ether oxygens (including phenoxy) is 1. The normalized spacial score (nSPS) is 26.7. The summed E-state index contributed by atoms with van der Waals surface area (Å²) in [5, 5.41) is 0. The van der Waals surface area contributed by atoms with E-state index in [2.05, 4.69) is 9.97 Å². The number of carbonyl (C=O) groups excluding carboxylic acids is 2. The predicted molar refractivity (Wildman–Crippen MR) is 102 cm³/mol. The Bertz CT molecular complexity index is 890. The monoisotopic (exact) mass is 369 g/mol. The molecular formula is C21H27N3O3. The third-order valence-electron chi connectivity index (χ3n) is 6.36. The lowest BCUT2D eigenvalue weighted by Gasteiger charge is -2.34. The zero-order valence-corrected chi connectivity index (χ0v) is 16.2. The van der Waals surface area contributed by atoms with Crippen LogP contribution in [0.5, 0.6) is 0 Å². The van der Waals surface area contributed by atoms with Gasteiger partial charge in [-0.3, -0.25) is 9.59 Å². The Kier molecular flexibility index (Phi) is 4.44. The number of carbonyl (C=O) groups is 2. The molecule has 2 aromatic rings. The van der Waals surface area contributed by atoms with Crippen molar-refractivity contribution >= 4 is 22.9 Å². The summed E-state index contributed by atoms with van der Waals surface area (Å²) < 4.78 is 5.38. The summed E-state index contributed by atoms with van der Waals surface area (Å²) >= 11 is 0. The number of nitrogens with one attached hydrogen (secondary N) is 1. The first-order valence-electron chi connectivity index (χ1n) is 9.92. The molecule has 0 aliphatic carbocycles. The SMILES string of the molecule is CCOC(=O)[C@@]1(CC)C[C@H]2CC[C@@H]1N2C(=O)Cc1ccc2nc(C)[nH]c2c1. The fourth-order valence-corrected chi connectivity index (χ4v) is 5.14. The average molecular weight is 369 g/mol. The standard InChI is InChI=1S/C21H27N3O3/c1-4-21(20(26)27-5-2)12-15-7-9-18(21)24(15)19(25)11-14-6-8-16-17(10-14)23-13(3)22-16/h6,8,10,15,18H,4-5,7,9,11-12H2,1-3H3,(H,22,23)/t15-,18+,21+/m1/s1. The second kappa shape index (κ2) is 6.66. The number of hydrogen-bond donors (Lipinski definition) is 1. The second-order valence-electron chi connectivity index (χ2n) is 7.83. The van der Waals surface area contributed by atoms with Crippen LogP contribution in [-0.2, 0) is 20.7 Å². The van der Waals surface area contributed by atoms with Crippen LogP contribution in [0.3, 0.4) is 0 Å². The maximum absolute atomic E-state index is 13.1. The molecule has 27 heavy (non-hydrogen) atoms. The van der Waals surface area contributed by atoms with Crippen LogP contribution >= 0.6 is 0 Å². The van der Waals surface area contributed by atoms with Crippen molar-refractivity contribution in [2.75, 3.05) is 6.61 Å². The van der Waals surface area contributed by atoms with Crippen LogP contribution in [0.4, 0.5) is 0 Å². The van der Waals surface area contributed by atoms with Gasteiger partial charge >= 0.3 is 5.97 Å². The van der Waals surface area contributed by atoms with E-state index in [0.29, 0.717) is 13.0 Å². The Morgan fingerprint density at radius 2 is 2.15 bits per heavy atom. The first kappa shape index (κ1) is 18.0. The number of aromatic amines is 1. The van der Waals surface area contributed by atoms with Crippen LogP contribution in [0.15, 0.2) is 18.2 Å². The minimum Gasteiger partial charge on any atom is -0.466 e. The highest BCUT2D eigenvalue weighted by atomic mass is 16.5. The Balaban J connectivity index is 1.55. The van der Waals surface area contributed by atoms with Gasteiger partial charge in [0, 0.05) is 12.1 Å². The highest BCUT2D eigenvalue weighted by Crippen LogP contribution is 2.52. The molecule has 0 unspecified atom stereocenters. The van der Waals surface area contributed by atoms with E-state index >= 15 is 0 Å². The van der Waals surface area contributed by atoms with Crippen LogP contribution in [0.1, 0.15) is 50.9 Å². The van der Waals surface area contributed by atoms with Gasteiger partial charge < -0.3 is 14.6 Å². The van der Waals surface area contributed by atoms with E-state index in [1.807, 2.05) is 43.9 Å². The van der Waals surface area contributed by atoms with Crippen molar-refractivity contribution in [3.63, 3.8) is 0 Å². The molecule has 0 radical (unpaired) electrons. The molecule has 1 aromatic heterocycles. The number of benzene rings is 1. The molecule has 2 saturated heterocycles. The van der Waals surface area contributed by atoms with Crippen molar-refractivity contribution in [3.8, 4) is 0 Å². The van der Waals surface area contributed by atoms with Crippen molar-refractivity contribution in [2.45, 2.75) is 65.0 Å². The van der Waals surface area contributed by atoms with Crippen molar-refractivity contribution in [1.82, 2.24) is 14.9 Å². The second-order valence-corrected chi connectivity index (χ2v) is 7.83. The molecule has 2 bridgehead atoms. The maximum Gasteiger partial charge on any atom is 0.314 e. The molecule has 2 fully saturated rings. The lowest BCUT2D eigenvalue weighted by atomic mass is 9.72. The molecule has 2 aliphatic rings. The highest BCUT2D eigenvalue weighted by molar-refractivity contribution is 5.86. The van der Waals surface area contributed by atoms with Gasteiger partial charge in [-0.25, -0.2) is 4.98 Å². The minimum atomic E-state index is -0.529. The first-order chi connectivity index (χ1) is 13.0. The molecule has 144 valence electrons. The number of imidazole rings is 1. The molecule has 2 aliphatic heterocycles. The van der Waals surface area contributed by atoms with Gasteiger partial charge in [0.1, 0.15) is 5.82 Å². The van der Waals surface area contributed by atoms with Crippen molar-refractivity contribution < 1.29 is 14.3 Å². The number of H-pyrrole nitrogens is 1. The fourth-order valence-electron chi connectivity index (χ4n) is 5.14. The van der Waals surface area contributed by atoms with Gasteiger partial charge in [-0.05, 0) is 57.2 Å². The summed E-state index contributed by atoms with van der Waals surface area (Å²) in [7, 11) is 0. The number of hydrogen-bond acceptors (Lipinski definition) is 4. The Morgan fingerprint density at radius 3 is 2.89 bits per heavy atom. The third kappa shape index (κ3) is 2.82. The molecule has 6 heteroatoms. The van der Waals surface area contributed by atoms with Gasteiger partial charge in [0.25, 0.3) is 0 Å². The molecule has 4 rings (SSSR count). The van der Waals surface area contributed by atoms with Crippen molar-refractivity contribution in [1.29, 1.82) is 0 Å². The molecule has 0 saturated carbocycles. The number of esters is 1. The average Bonchev–Trinajstić information content (AvgIpc) is 3.31. The van der Waals surface area contributed by atoms with E-state index in [1.54, 1.807) is 0 Å². The van der Waals surface area contributed by atoms with Gasteiger partial charge in [0.15, 0.2) is 0 Å². The molecule has 1 aromatic carbocycles. The largest absolute Gasteiger partial charge is 0.466 e. The van der Waals surface area contributed by atoms with E-state index in [0.717, 1.165) is 48.1 Å². The van der Waals surface area contributed by atoms with E-state index in [4.69, 9.17) is 4.74 Å². The van der Waals surface area contributed by atoms with Crippen molar-refractivity contribution in [2.24, 2.45) is 5.41 Å². The van der Waals surface area contributed by atoms with Gasteiger partial charge in [0.05, 0.1) is 29.5 Å². The van der Waals surface area contributed by atoms with Gasteiger partial charge in [-0.2, -0.15) is 0 Å². The van der Waals surface area contributed by atoms with E-state index in [1.165, 1.54) is 0 Å². The molecule has 1 N–H and O–H groups in total. The topological polar surface area (TPSA) is 75.3 Å². The molecule has 3 heterocycles. The highest BCUT2D eigenvalue weighted by Gasteiger charge is 2.60. The molecule has 0 spiro atoms. The number of aromatic nitrogens is 2. The Hall–Kier alpha value is -2.37. The van der Waals surface area contributed by atoms with Crippen molar-refractivity contribution in [3.05, 3.63) is 29.6 Å². The summed E-state index contributed by atoms with van der Waals surface area (Å²) in [5.74, 6) is 0.845. The zero-order chi connectivity index (χ0) is 19.2. The zero-order valence-electron chi connectivity index (χ0n) is 16.2. The first-order valence-corrected chi connectivity index (χ1v) is 9.92. The number of fused-ring (bicyclic) bond motifs is 3. The van der Waals surface area contributed by atoms with E-state index < -0.39 is 5.41 Å². The van der Waals surface area contributed by atoms with Crippen LogP contribution in [0.25, 0.3) is 11.0 Å². The maximum atomic E-state index is 13.1. The molecule has 1 amide bonds. The third-order valence-corrected chi connectivity index (χ3v) is 6.36. The smallest absolute Gasteiger partial charge is 0.314 e. The summed E-state index contributed by atoms with van der Waals surface area (Å²) in [6.07, 6.45) is 3.68. The minimum absolute atomic E-state index is 0.0304. The van der Waals surface area contributed by atoms with Gasteiger partial charge in [-0.15, -0.1) is 0 Å².